The molecular weight excluding hydrogens is 294 g/mol. The van der Waals surface area contributed by atoms with E-state index in [1.807, 2.05) is 48.0 Å². The molecule has 4 nitrogen and oxygen atoms in total. The zero-order valence-electron chi connectivity index (χ0n) is 12.7. The number of nitrogens with zero attached hydrogens (tertiary/aromatic N) is 2. The average molecular weight is 315 g/mol. The number of thioether (sulfide) groups is 1. The van der Waals surface area contributed by atoms with E-state index in [-0.39, 0.29) is 11.2 Å². The highest BCUT2D eigenvalue weighted by molar-refractivity contribution is 8.00. The van der Waals surface area contributed by atoms with Crippen molar-refractivity contribution in [1.82, 2.24) is 14.9 Å². The van der Waals surface area contributed by atoms with Gasteiger partial charge in [0, 0.05) is 24.1 Å². The van der Waals surface area contributed by atoms with Crippen molar-refractivity contribution in [2.24, 2.45) is 0 Å². The number of hydrogen-bond donors (Lipinski definition) is 1. The molecule has 5 heteroatoms. The lowest BCUT2D eigenvalue weighted by Crippen LogP contribution is -2.37. The summed E-state index contributed by atoms with van der Waals surface area (Å²) in [5, 5.41) is 3.85. The molecule has 0 unspecified atom stereocenters. The van der Waals surface area contributed by atoms with Crippen molar-refractivity contribution < 1.29 is 4.79 Å². The van der Waals surface area contributed by atoms with Crippen LogP contribution in [0.5, 0.6) is 0 Å². The van der Waals surface area contributed by atoms with Gasteiger partial charge in [0.2, 0.25) is 5.91 Å². The van der Waals surface area contributed by atoms with E-state index in [2.05, 4.69) is 10.3 Å². The number of aromatic nitrogens is 2. The Morgan fingerprint density at radius 2 is 2.05 bits per heavy atom. The second-order valence-corrected chi connectivity index (χ2v) is 6.97. The summed E-state index contributed by atoms with van der Waals surface area (Å²) in [6.07, 6.45) is 8.38. The Balaban J connectivity index is 1.65. The van der Waals surface area contributed by atoms with Crippen LogP contribution in [0.2, 0.25) is 0 Å². The van der Waals surface area contributed by atoms with E-state index < -0.39 is 0 Å². The molecule has 1 aliphatic rings. The van der Waals surface area contributed by atoms with Crippen LogP contribution in [0.1, 0.15) is 32.6 Å². The van der Waals surface area contributed by atoms with Crippen molar-refractivity contribution in [3.8, 4) is 5.69 Å². The van der Waals surface area contributed by atoms with Crippen LogP contribution >= 0.6 is 11.8 Å². The lowest BCUT2D eigenvalue weighted by molar-refractivity contribution is -0.120. The van der Waals surface area contributed by atoms with E-state index in [9.17, 15) is 4.79 Å². The first-order valence-electron chi connectivity index (χ1n) is 7.80. The van der Waals surface area contributed by atoms with Crippen LogP contribution in [0.4, 0.5) is 0 Å². The summed E-state index contributed by atoms with van der Waals surface area (Å²) in [5.74, 6) is 0.111. The fourth-order valence-corrected chi connectivity index (χ4v) is 3.66. The van der Waals surface area contributed by atoms with E-state index in [4.69, 9.17) is 0 Å². The SMILES string of the molecule is C[C@@H](Sc1nccn1-c1ccccc1)C(=O)NC1CCCC1. The van der Waals surface area contributed by atoms with E-state index in [0.717, 1.165) is 23.7 Å². The smallest absolute Gasteiger partial charge is 0.233 e. The van der Waals surface area contributed by atoms with Crippen LogP contribution in [-0.4, -0.2) is 26.8 Å². The predicted molar refractivity (Wildman–Crippen MR) is 89.3 cm³/mol. The molecule has 0 aliphatic heterocycles. The lowest BCUT2D eigenvalue weighted by Gasteiger charge is -2.16. The fraction of sp³-hybridized carbons (Fsp3) is 0.412. The minimum Gasteiger partial charge on any atom is -0.352 e. The van der Waals surface area contributed by atoms with Gasteiger partial charge in [-0.1, -0.05) is 42.8 Å². The summed E-state index contributed by atoms with van der Waals surface area (Å²) in [7, 11) is 0. The summed E-state index contributed by atoms with van der Waals surface area (Å²) >= 11 is 1.50. The molecule has 1 aromatic carbocycles. The number of carbonyl (C=O) groups is 1. The lowest BCUT2D eigenvalue weighted by atomic mass is 10.2. The van der Waals surface area contributed by atoms with Gasteiger partial charge in [-0.25, -0.2) is 4.98 Å². The molecule has 1 fully saturated rings. The van der Waals surface area contributed by atoms with Gasteiger partial charge < -0.3 is 5.32 Å². The molecular formula is C17H21N3OS. The molecule has 1 aliphatic carbocycles. The number of para-hydroxylation sites is 1. The standard InChI is InChI=1S/C17H21N3OS/c1-13(16(21)19-14-7-5-6-8-14)22-17-18-11-12-20(17)15-9-3-2-4-10-15/h2-4,9-14H,5-8H2,1H3,(H,19,21)/t13-/m1/s1. The number of rotatable bonds is 5. The molecule has 2 aromatic rings. The zero-order valence-corrected chi connectivity index (χ0v) is 13.6. The Morgan fingerprint density at radius 1 is 1.32 bits per heavy atom. The topological polar surface area (TPSA) is 46.9 Å². The maximum Gasteiger partial charge on any atom is 0.233 e. The molecule has 0 spiro atoms. The highest BCUT2D eigenvalue weighted by atomic mass is 32.2. The highest BCUT2D eigenvalue weighted by Crippen LogP contribution is 2.25. The number of benzene rings is 1. The average Bonchev–Trinajstić information content (AvgIpc) is 3.19. The van der Waals surface area contributed by atoms with Crippen molar-refractivity contribution in [1.29, 1.82) is 0 Å². The van der Waals surface area contributed by atoms with Crippen LogP contribution < -0.4 is 5.32 Å². The number of nitrogens with one attached hydrogen (secondary N) is 1. The first-order valence-corrected chi connectivity index (χ1v) is 8.68. The van der Waals surface area contributed by atoms with Gasteiger partial charge in [-0.3, -0.25) is 9.36 Å². The third kappa shape index (κ3) is 3.53. The van der Waals surface area contributed by atoms with Gasteiger partial charge in [-0.2, -0.15) is 0 Å². The summed E-state index contributed by atoms with van der Waals surface area (Å²) in [4.78, 5) is 16.7. The molecule has 1 saturated carbocycles. The van der Waals surface area contributed by atoms with Gasteiger partial charge in [-0.15, -0.1) is 0 Å². The Bertz CT molecular complexity index is 620. The third-order valence-corrected chi connectivity index (χ3v) is 5.07. The molecule has 0 radical (unpaired) electrons. The summed E-state index contributed by atoms with van der Waals surface area (Å²) in [6.45, 7) is 1.94. The van der Waals surface area contributed by atoms with Crippen molar-refractivity contribution in [2.75, 3.05) is 0 Å². The Kier molecular flexibility index (Phi) is 4.83. The molecule has 0 saturated heterocycles. The van der Waals surface area contributed by atoms with Crippen LogP contribution in [-0.2, 0) is 4.79 Å². The van der Waals surface area contributed by atoms with Crippen molar-refractivity contribution in [3.05, 3.63) is 42.7 Å². The fourth-order valence-electron chi connectivity index (χ4n) is 2.76. The Labute approximate surface area is 135 Å². The summed E-state index contributed by atoms with van der Waals surface area (Å²) < 4.78 is 2.02. The molecule has 1 heterocycles. The largest absolute Gasteiger partial charge is 0.352 e. The van der Waals surface area contributed by atoms with Gasteiger partial charge in [0.15, 0.2) is 5.16 Å². The van der Waals surface area contributed by atoms with Gasteiger partial charge in [0.25, 0.3) is 0 Å². The first-order chi connectivity index (χ1) is 10.7. The van der Waals surface area contributed by atoms with E-state index in [1.165, 1.54) is 24.6 Å². The van der Waals surface area contributed by atoms with Gasteiger partial charge >= 0.3 is 0 Å². The van der Waals surface area contributed by atoms with Gasteiger partial charge in [0.05, 0.1) is 5.25 Å². The molecule has 1 N–H and O–H groups in total. The van der Waals surface area contributed by atoms with Gasteiger partial charge in [-0.05, 0) is 31.9 Å². The third-order valence-electron chi connectivity index (χ3n) is 3.99. The summed E-state index contributed by atoms with van der Waals surface area (Å²) in [5.41, 5.74) is 1.06. The Hall–Kier alpha value is -1.75. The second-order valence-electron chi connectivity index (χ2n) is 5.67. The predicted octanol–water partition coefficient (Wildman–Crippen LogP) is 3.41. The molecule has 116 valence electrons. The second kappa shape index (κ2) is 7.01. The first kappa shape index (κ1) is 15.2. The quantitative estimate of drug-likeness (QED) is 0.860. The van der Waals surface area contributed by atoms with Crippen molar-refractivity contribution >= 4 is 17.7 Å². The monoisotopic (exact) mass is 315 g/mol. The van der Waals surface area contributed by atoms with Crippen LogP contribution in [0, 0.1) is 0 Å². The highest BCUT2D eigenvalue weighted by Gasteiger charge is 2.22. The van der Waals surface area contributed by atoms with Gasteiger partial charge in [0.1, 0.15) is 0 Å². The van der Waals surface area contributed by atoms with Crippen molar-refractivity contribution in [2.45, 2.75) is 49.1 Å². The molecule has 1 aromatic heterocycles. The minimum absolute atomic E-state index is 0.111. The number of hydrogen-bond acceptors (Lipinski definition) is 3. The molecule has 1 atom stereocenters. The number of carbonyl (C=O) groups excluding carboxylic acids is 1. The molecule has 0 bridgehead atoms. The molecule has 1 amide bonds. The zero-order chi connectivity index (χ0) is 15.4. The molecule has 3 rings (SSSR count). The minimum atomic E-state index is -0.148. The maximum absolute atomic E-state index is 12.3. The van der Waals surface area contributed by atoms with E-state index in [0.29, 0.717) is 6.04 Å². The van der Waals surface area contributed by atoms with Crippen LogP contribution in [0.3, 0.4) is 0 Å². The Morgan fingerprint density at radius 3 is 2.77 bits per heavy atom. The van der Waals surface area contributed by atoms with Crippen molar-refractivity contribution in [3.63, 3.8) is 0 Å². The van der Waals surface area contributed by atoms with Crippen LogP contribution in [0.15, 0.2) is 47.9 Å². The normalized spacial score (nSPS) is 16.6. The maximum atomic E-state index is 12.3. The van der Waals surface area contributed by atoms with Crippen LogP contribution in [0.25, 0.3) is 5.69 Å². The summed E-state index contributed by atoms with van der Waals surface area (Å²) in [6, 6.07) is 10.4. The number of imidazole rings is 1. The molecule has 22 heavy (non-hydrogen) atoms. The van der Waals surface area contributed by atoms with E-state index >= 15 is 0 Å². The van der Waals surface area contributed by atoms with E-state index in [1.54, 1.807) is 6.20 Å². The number of amides is 1.